The number of carbonyl (C=O) groups is 1. The summed E-state index contributed by atoms with van der Waals surface area (Å²) in [6.07, 6.45) is 1.24. The first-order chi connectivity index (χ1) is 9.72. The van der Waals surface area contributed by atoms with Gasteiger partial charge in [0.2, 0.25) is 0 Å². The second kappa shape index (κ2) is 5.50. The quantitative estimate of drug-likeness (QED) is 0.903. The van der Waals surface area contributed by atoms with Gasteiger partial charge in [-0.1, -0.05) is 17.7 Å². The fourth-order valence-corrected chi connectivity index (χ4v) is 2.77. The van der Waals surface area contributed by atoms with Crippen LogP contribution in [-0.4, -0.2) is 31.4 Å². The van der Waals surface area contributed by atoms with E-state index in [1.807, 2.05) is 0 Å². The zero-order valence-corrected chi connectivity index (χ0v) is 13.3. The molecule has 1 amide bonds. The maximum Gasteiger partial charge on any atom is 0.344 e. The van der Waals surface area contributed by atoms with Crippen LogP contribution in [0.15, 0.2) is 34.4 Å². The minimum atomic E-state index is -3.72. The minimum Gasteiger partial charge on any atom is -0.322 e. The van der Waals surface area contributed by atoms with Crippen molar-refractivity contribution in [1.29, 1.82) is 0 Å². The van der Waals surface area contributed by atoms with Gasteiger partial charge in [-0.3, -0.25) is 9.10 Å². The molecule has 1 aromatic rings. The Labute approximate surface area is 128 Å². The summed E-state index contributed by atoms with van der Waals surface area (Å²) in [6.45, 7) is 3.26. The molecule has 6 nitrogen and oxygen atoms in total. The number of halogens is 1. The van der Waals surface area contributed by atoms with E-state index in [-0.39, 0.29) is 11.3 Å². The van der Waals surface area contributed by atoms with Crippen molar-refractivity contribution in [3.8, 4) is 0 Å². The molecule has 0 spiro atoms. The Morgan fingerprint density at radius 3 is 2.67 bits per heavy atom. The summed E-state index contributed by atoms with van der Waals surface area (Å²) >= 11 is 6.00. The summed E-state index contributed by atoms with van der Waals surface area (Å²) in [7, 11) is -2.40. The number of rotatable bonds is 2. The lowest BCUT2D eigenvalue weighted by atomic mass is 10.1. The number of anilines is 1. The lowest BCUT2D eigenvalue weighted by Crippen LogP contribution is -2.30. The van der Waals surface area contributed by atoms with Crippen molar-refractivity contribution in [3.63, 3.8) is 0 Å². The van der Waals surface area contributed by atoms with E-state index in [1.165, 1.54) is 20.2 Å². The number of hydrogen-bond acceptors (Lipinski definition) is 3. The molecule has 0 aliphatic carbocycles. The van der Waals surface area contributed by atoms with E-state index in [0.29, 0.717) is 10.7 Å². The summed E-state index contributed by atoms with van der Waals surface area (Å²) in [5.41, 5.74) is 1.63. The van der Waals surface area contributed by atoms with Crippen LogP contribution < -0.4 is 5.32 Å². The molecule has 1 N–H and O–H groups in total. The van der Waals surface area contributed by atoms with Crippen molar-refractivity contribution in [3.05, 3.63) is 40.6 Å². The Morgan fingerprint density at radius 2 is 2.00 bits per heavy atom. The predicted octanol–water partition coefficient (Wildman–Crippen LogP) is 2.12. The zero-order valence-electron chi connectivity index (χ0n) is 11.7. The number of carbonyl (C=O) groups excluding carboxylic acids is 1. The standard InChI is InChI=1S/C13H14ClN3O3S/c1-8-11(14)5-4-6-12(8)15-13(18)10-7-17(3)21(19,20)16-9(10)2/h4-7H,1-3H3,(H,15,18). The van der Waals surface area contributed by atoms with Crippen molar-refractivity contribution in [1.82, 2.24) is 4.31 Å². The average Bonchev–Trinajstić information content (AvgIpc) is 2.38. The summed E-state index contributed by atoms with van der Waals surface area (Å²) < 4.78 is 27.6. The molecule has 1 aliphatic rings. The Bertz CT molecular complexity index is 769. The van der Waals surface area contributed by atoms with E-state index in [2.05, 4.69) is 9.71 Å². The first-order valence-corrected chi connectivity index (χ1v) is 7.83. The molecule has 1 aliphatic heterocycles. The van der Waals surface area contributed by atoms with Crippen molar-refractivity contribution in [2.24, 2.45) is 4.40 Å². The van der Waals surface area contributed by atoms with Crippen molar-refractivity contribution in [2.45, 2.75) is 13.8 Å². The first-order valence-electron chi connectivity index (χ1n) is 6.05. The lowest BCUT2D eigenvalue weighted by molar-refractivity contribution is -0.112. The molecule has 8 heteroatoms. The SMILES string of the molecule is CC1=NS(=O)(=O)N(C)C=C1C(=O)Nc1cccc(Cl)c1C. The monoisotopic (exact) mass is 327 g/mol. The molecular formula is C13H14ClN3O3S. The van der Waals surface area contributed by atoms with Gasteiger partial charge in [-0.15, -0.1) is 4.40 Å². The Balaban J connectivity index is 2.30. The molecular weight excluding hydrogens is 314 g/mol. The van der Waals surface area contributed by atoms with Crippen molar-refractivity contribution >= 4 is 39.1 Å². The molecule has 0 radical (unpaired) electrons. The topological polar surface area (TPSA) is 78.8 Å². The van der Waals surface area contributed by atoms with Crippen LogP contribution >= 0.6 is 11.6 Å². The van der Waals surface area contributed by atoms with Crippen LogP contribution in [-0.2, 0) is 15.0 Å². The van der Waals surface area contributed by atoms with Gasteiger partial charge in [0.1, 0.15) is 0 Å². The molecule has 0 aromatic heterocycles. The lowest BCUT2D eigenvalue weighted by Gasteiger charge is -2.20. The predicted molar refractivity (Wildman–Crippen MR) is 82.7 cm³/mol. The third-order valence-electron chi connectivity index (χ3n) is 3.08. The molecule has 0 atom stereocenters. The second-order valence-electron chi connectivity index (χ2n) is 4.58. The maximum atomic E-state index is 12.3. The molecule has 21 heavy (non-hydrogen) atoms. The number of nitrogens with zero attached hydrogens (tertiary/aromatic N) is 2. The molecule has 0 saturated heterocycles. The molecule has 0 bridgehead atoms. The fourth-order valence-electron chi connectivity index (χ4n) is 1.78. The number of amides is 1. The zero-order chi connectivity index (χ0) is 15.8. The maximum absolute atomic E-state index is 12.3. The first kappa shape index (κ1) is 15.5. The van der Waals surface area contributed by atoms with E-state index in [4.69, 9.17) is 11.6 Å². The van der Waals surface area contributed by atoms with E-state index in [9.17, 15) is 13.2 Å². The van der Waals surface area contributed by atoms with E-state index in [1.54, 1.807) is 25.1 Å². The third-order valence-corrected chi connectivity index (χ3v) is 4.82. The van der Waals surface area contributed by atoms with Crippen LogP contribution in [0.25, 0.3) is 0 Å². The van der Waals surface area contributed by atoms with Gasteiger partial charge in [0.15, 0.2) is 0 Å². The van der Waals surface area contributed by atoms with Gasteiger partial charge < -0.3 is 5.32 Å². The number of nitrogens with one attached hydrogen (secondary N) is 1. The normalized spacial score (nSPS) is 17.0. The molecule has 0 saturated carbocycles. The largest absolute Gasteiger partial charge is 0.344 e. The molecule has 2 rings (SSSR count). The van der Waals surface area contributed by atoms with Gasteiger partial charge in [0.25, 0.3) is 5.91 Å². The summed E-state index contributed by atoms with van der Waals surface area (Å²) in [5.74, 6) is -0.441. The van der Waals surface area contributed by atoms with E-state index in [0.717, 1.165) is 9.87 Å². The Morgan fingerprint density at radius 1 is 1.33 bits per heavy atom. The fraction of sp³-hybridized carbons (Fsp3) is 0.231. The van der Waals surface area contributed by atoms with Crippen molar-refractivity contribution in [2.75, 3.05) is 12.4 Å². The number of benzene rings is 1. The Kier molecular flexibility index (Phi) is 4.06. The molecule has 0 unspecified atom stereocenters. The Hall–Kier alpha value is -1.86. The van der Waals surface area contributed by atoms with Crippen LogP contribution in [0.3, 0.4) is 0 Å². The third kappa shape index (κ3) is 3.08. The van der Waals surface area contributed by atoms with Crippen LogP contribution in [0.4, 0.5) is 5.69 Å². The molecule has 112 valence electrons. The van der Waals surface area contributed by atoms with Gasteiger partial charge in [0.05, 0.1) is 11.3 Å². The van der Waals surface area contributed by atoms with Crippen LogP contribution in [0, 0.1) is 6.92 Å². The highest BCUT2D eigenvalue weighted by Crippen LogP contribution is 2.24. The minimum absolute atomic E-state index is 0.144. The van der Waals surface area contributed by atoms with E-state index < -0.39 is 16.1 Å². The highest BCUT2D eigenvalue weighted by atomic mass is 35.5. The molecule has 0 fully saturated rings. The van der Waals surface area contributed by atoms with Gasteiger partial charge >= 0.3 is 10.2 Å². The van der Waals surface area contributed by atoms with Crippen LogP contribution in [0.1, 0.15) is 12.5 Å². The highest BCUT2D eigenvalue weighted by Gasteiger charge is 2.25. The van der Waals surface area contributed by atoms with Gasteiger partial charge in [0, 0.05) is 24.0 Å². The van der Waals surface area contributed by atoms with Gasteiger partial charge in [-0.2, -0.15) is 8.42 Å². The van der Waals surface area contributed by atoms with Gasteiger partial charge in [-0.25, -0.2) is 0 Å². The number of hydrogen-bond donors (Lipinski definition) is 1. The average molecular weight is 328 g/mol. The summed E-state index contributed by atoms with van der Waals surface area (Å²) in [5, 5.41) is 3.24. The van der Waals surface area contributed by atoms with Gasteiger partial charge in [-0.05, 0) is 31.5 Å². The highest BCUT2D eigenvalue weighted by molar-refractivity contribution is 7.88. The second-order valence-corrected chi connectivity index (χ2v) is 6.64. The summed E-state index contributed by atoms with van der Waals surface area (Å²) in [6, 6.07) is 5.16. The van der Waals surface area contributed by atoms with Crippen LogP contribution in [0.5, 0.6) is 0 Å². The van der Waals surface area contributed by atoms with E-state index >= 15 is 0 Å². The smallest absolute Gasteiger partial charge is 0.322 e. The summed E-state index contributed by atoms with van der Waals surface area (Å²) in [4.78, 5) is 12.3. The van der Waals surface area contributed by atoms with Crippen molar-refractivity contribution < 1.29 is 13.2 Å². The molecule has 1 aromatic carbocycles. The van der Waals surface area contributed by atoms with Crippen LogP contribution in [0.2, 0.25) is 5.02 Å². The molecule has 1 heterocycles.